The van der Waals surface area contributed by atoms with Crippen LogP contribution in [0.1, 0.15) is 59.8 Å². The number of piperidine rings is 1. The van der Waals surface area contributed by atoms with Crippen LogP contribution in [-0.4, -0.2) is 36.0 Å². The number of likely N-dealkylation sites (tertiary alicyclic amines) is 1. The zero-order chi connectivity index (χ0) is 15.3. The number of amides is 1. The zero-order valence-corrected chi connectivity index (χ0v) is 14.2. The van der Waals surface area contributed by atoms with Gasteiger partial charge in [-0.05, 0) is 75.3 Å². The fourth-order valence-corrected chi connectivity index (χ4v) is 5.13. The summed E-state index contributed by atoms with van der Waals surface area (Å²) in [6, 6.07) is 0. The van der Waals surface area contributed by atoms with E-state index >= 15 is 0 Å². The first-order valence-corrected chi connectivity index (χ1v) is 8.86. The molecule has 1 saturated heterocycles. The van der Waals surface area contributed by atoms with Crippen molar-refractivity contribution in [2.75, 3.05) is 19.6 Å². The average Bonchev–Trinajstić information content (AvgIpc) is 2.96. The number of hydrogen-bond acceptors (Lipinski definition) is 2. The highest BCUT2D eigenvalue weighted by Gasteiger charge is 2.60. The minimum absolute atomic E-state index is 0.00389. The van der Waals surface area contributed by atoms with Crippen molar-refractivity contribution in [1.82, 2.24) is 10.2 Å². The highest BCUT2D eigenvalue weighted by atomic mass is 16.2. The highest BCUT2D eigenvalue weighted by Crippen LogP contribution is 2.61. The number of carbonyl (C=O) groups excluding carboxylic acids is 1. The predicted octanol–water partition coefficient (Wildman–Crippen LogP) is 3.05. The van der Waals surface area contributed by atoms with Crippen LogP contribution >= 0.6 is 0 Å². The second kappa shape index (κ2) is 5.26. The monoisotopic (exact) mass is 292 g/mol. The van der Waals surface area contributed by atoms with E-state index in [9.17, 15) is 4.79 Å². The molecule has 3 aliphatic rings. The molecule has 0 unspecified atom stereocenters. The number of nitrogens with one attached hydrogen (secondary N) is 1. The molecule has 1 N–H and O–H groups in total. The molecule has 3 fully saturated rings. The molecule has 1 heterocycles. The third kappa shape index (κ3) is 2.52. The molecular formula is C18H32N2O. The molecule has 3 atom stereocenters. The molecule has 3 nitrogen and oxygen atoms in total. The SMILES string of the molecule is CC1CCN(CC(=O)N[C@@]2(C)[C@@H]3CC[C@@H](C3)C2(C)C)CC1. The second-order valence-electron chi connectivity index (χ2n) is 8.64. The summed E-state index contributed by atoms with van der Waals surface area (Å²) in [5.41, 5.74) is 0.234. The van der Waals surface area contributed by atoms with Gasteiger partial charge in [0.15, 0.2) is 0 Å². The number of hydrogen-bond donors (Lipinski definition) is 1. The Kier molecular flexibility index (Phi) is 3.84. The largest absolute Gasteiger partial charge is 0.349 e. The van der Waals surface area contributed by atoms with Crippen LogP contribution in [0, 0.1) is 23.2 Å². The normalized spacial score (nSPS) is 39.6. The molecule has 0 aromatic rings. The Morgan fingerprint density at radius 3 is 2.29 bits per heavy atom. The summed E-state index contributed by atoms with van der Waals surface area (Å²) >= 11 is 0. The lowest BCUT2D eigenvalue weighted by atomic mass is 9.64. The summed E-state index contributed by atoms with van der Waals surface area (Å²) in [4.78, 5) is 14.9. The first-order chi connectivity index (χ1) is 9.83. The minimum Gasteiger partial charge on any atom is -0.349 e. The lowest BCUT2D eigenvalue weighted by molar-refractivity contribution is -0.127. The van der Waals surface area contributed by atoms with Crippen LogP contribution < -0.4 is 5.32 Å². The van der Waals surface area contributed by atoms with Gasteiger partial charge in [-0.3, -0.25) is 9.69 Å². The molecule has 3 heteroatoms. The van der Waals surface area contributed by atoms with Gasteiger partial charge in [-0.1, -0.05) is 20.8 Å². The molecule has 1 amide bonds. The van der Waals surface area contributed by atoms with Gasteiger partial charge < -0.3 is 5.32 Å². The quantitative estimate of drug-likeness (QED) is 0.867. The van der Waals surface area contributed by atoms with Gasteiger partial charge in [0.1, 0.15) is 0 Å². The number of rotatable bonds is 3. The smallest absolute Gasteiger partial charge is 0.234 e. The molecule has 2 bridgehead atoms. The Morgan fingerprint density at radius 2 is 1.71 bits per heavy atom. The standard InChI is InChI=1S/C18H32N2O/c1-13-7-9-20(10-8-13)12-16(21)19-18(4)15-6-5-14(11-15)17(18,2)3/h13-15H,5-12H2,1-4H3,(H,19,21)/t14-,15+,18-/m0/s1. The van der Waals surface area contributed by atoms with Gasteiger partial charge in [0.25, 0.3) is 0 Å². The van der Waals surface area contributed by atoms with Crippen molar-refractivity contribution in [1.29, 1.82) is 0 Å². The molecule has 0 radical (unpaired) electrons. The minimum atomic E-state index is -0.00389. The maximum absolute atomic E-state index is 12.6. The van der Waals surface area contributed by atoms with E-state index in [0.29, 0.717) is 12.5 Å². The number of carbonyl (C=O) groups is 1. The van der Waals surface area contributed by atoms with Gasteiger partial charge in [0, 0.05) is 5.54 Å². The van der Waals surface area contributed by atoms with Crippen LogP contribution in [-0.2, 0) is 4.79 Å². The zero-order valence-electron chi connectivity index (χ0n) is 14.2. The maximum atomic E-state index is 12.6. The van der Waals surface area contributed by atoms with Crippen molar-refractivity contribution in [3.05, 3.63) is 0 Å². The van der Waals surface area contributed by atoms with Gasteiger partial charge in [0.05, 0.1) is 6.54 Å². The van der Waals surface area contributed by atoms with Crippen LogP contribution in [0.5, 0.6) is 0 Å². The van der Waals surface area contributed by atoms with Crippen molar-refractivity contribution < 1.29 is 4.79 Å². The molecule has 0 aromatic carbocycles. The summed E-state index contributed by atoms with van der Waals surface area (Å²) in [7, 11) is 0. The molecule has 2 saturated carbocycles. The van der Waals surface area contributed by atoms with Crippen LogP contribution in [0.4, 0.5) is 0 Å². The summed E-state index contributed by atoms with van der Waals surface area (Å²) in [5, 5.41) is 3.45. The Hall–Kier alpha value is -0.570. The van der Waals surface area contributed by atoms with E-state index in [1.165, 1.54) is 32.1 Å². The second-order valence-corrected chi connectivity index (χ2v) is 8.64. The molecule has 1 aliphatic heterocycles. The summed E-state index contributed by atoms with van der Waals surface area (Å²) in [6.45, 7) is 12.1. The number of nitrogens with zero attached hydrogens (tertiary/aromatic N) is 1. The van der Waals surface area contributed by atoms with Gasteiger partial charge >= 0.3 is 0 Å². The van der Waals surface area contributed by atoms with Crippen LogP contribution in [0.15, 0.2) is 0 Å². The van der Waals surface area contributed by atoms with Crippen LogP contribution in [0.25, 0.3) is 0 Å². The van der Waals surface area contributed by atoms with Crippen molar-refractivity contribution in [3.8, 4) is 0 Å². The first kappa shape index (κ1) is 15.3. The Morgan fingerprint density at radius 1 is 1.10 bits per heavy atom. The molecular weight excluding hydrogens is 260 g/mol. The topological polar surface area (TPSA) is 32.3 Å². The molecule has 21 heavy (non-hydrogen) atoms. The van der Waals surface area contributed by atoms with Crippen molar-refractivity contribution >= 4 is 5.91 Å². The highest BCUT2D eigenvalue weighted by molar-refractivity contribution is 5.79. The van der Waals surface area contributed by atoms with E-state index < -0.39 is 0 Å². The summed E-state index contributed by atoms with van der Waals surface area (Å²) < 4.78 is 0. The van der Waals surface area contributed by atoms with Gasteiger partial charge in [0.2, 0.25) is 5.91 Å². The molecule has 2 aliphatic carbocycles. The van der Waals surface area contributed by atoms with Gasteiger partial charge in [-0.15, -0.1) is 0 Å². The third-order valence-corrected chi connectivity index (χ3v) is 7.25. The lowest BCUT2D eigenvalue weighted by Crippen LogP contribution is -2.60. The summed E-state index contributed by atoms with van der Waals surface area (Å²) in [5.74, 6) is 2.55. The van der Waals surface area contributed by atoms with E-state index in [-0.39, 0.29) is 16.9 Å². The fourth-order valence-electron chi connectivity index (χ4n) is 5.13. The Bertz CT molecular complexity index is 411. The van der Waals surface area contributed by atoms with Gasteiger partial charge in [-0.2, -0.15) is 0 Å². The maximum Gasteiger partial charge on any atom is 0.234 e. The van der Waals surface area contributed by atoms with E-state index in [1.54, 1.807) is 0 Å². The van der Waals surface area contributed by atoms with E-state index in [1.807, 2.05) is 0 Å². The fraction of sp³-hybridized carbons (Fsp3) is 0.944. The first-order valence-electron chi connectivity index (χ1n) is 8.86. The van der Waals surface area contributed by atoms with E-state index in [2.05, 4.69) is 37.9 Å². The van der Waals surface area contributed by atoms with Crippen molar-refractivity contribution in [2.24, 2.45) is 23.2 Å². The summed E-state index contributed by atoms with van der Waals surface area (Å²) in [6.07, 6.45) is 6.44. The molecule has 120 valence electrons. The van der Waals surface area contributed by atoms with Crippen LogP contribution in [0.2, 0.25) is 0 Å². The predicted molar refractivity (Wildman–Crippen MR) is 86.0 cm³/mol. The van der Waals surface area contributed by atoms with Crippen LogP contribution in [0.3, 0.4) is 0 Å². The molecule has 3 rings (SSSR count). The third-order valence-electron chi connectivity index (χ3n) is 7.25. The van der Waals surface area contributed by atoms with E-state index in [4.69, 9.17) is 0 Å². The Balaban J connectivity index is 1.59. The Labute approximate surface area is 129 Å². The van der Waals surface area contributed by atoms with Gasteiger partial charge in [-0.25, -0.2) is 0 Å². The molecule has 0 spiro atoms. The van der Waals surface area contributed by atoms with Crippen molar-refractivity contribution in [3.63, 3.8) is 0 Å². The molecule has 0 aromatic heterocycles. The van der Waals surface area contributed by atoms with E-state index in [0.717, 1.165) is 24.9 Å². The number of fused-ring (bicyclic) bond motifs is 2. The average molecular weight is 292 g/mol. The lowest BCUT2D eigenvalue weighted by Gasteiger charge is -2.48. The van der Waals surface area contributed by atoms with Crippen molar-refractivity contribution in [2.45, 2.75) is 65.3 Å².